The number of halogens is 1. The molecule has 1 N–H and O–H groups in total. The molecular weight excluding hydrogens is 472 g/mol. The van der Waals surface area contributed by atoms with E-state index < -0.39 is 10.0 Å². The standard InChI is InChI=1S/C22H21ClN2O5S2/c1-29-19-7-6-17(23)14-18(19)24-22(26)16-4-2-15(3-5-16)20-8-9-21(31-20)32(27,28)25-10-12-30-13-11-25/h2-9,14H,10-13H2,1H3,(H,24,26). The number of nitrogens with one attached hydrogen (secondary N) is 1. The zero-order valence-electron chi connectivity index (χ0n) is 17.2. The second-order valence-corrected chi connectivity index (χ2v) is 10.7. The van der Waals surface area contributed by atoms with Gasteiger partial charge >= 0.3 is 0 Å². The van der Waals surface area contributed by atoms with E-state index >= 15 is 0 Å². The van der Waals surface area contributed by atoms with E-state index in [1.54, 1.807) is 54.6 Å². The second-order valence-electron chi connectivity index (χ2n) is 7.01. The maximum absolute atomic E-state index is 12.8. The van der Waals surface area contributed by atoms with Gasteiger partial charge in [-0.2, -0.15) is 4.31 Å². The fourth-order valence-corrected chi connectivity index (χ4v) is 6.33. The largest absolute Gasteiger partial charge is 0.495 e. The van der Waals surface area contributed by atoms with Crippen LogP contribution >= 0.6 is 22.9 Å². The molecule has 7 nitrogen and oxygen atoms in total. The average molecular weight is 493 g/mol. The number of hydrogen-bond donors (Lipinski definition) is 1. The van der Waals surface area contributed by atoms with Gasteiger partial charge in [0.2, 0.25) is 0 Å². The minimum atomic E-state index is -3.53. The summed E-state index contributed by atoms with van der Waals surface area (Å²) in [6, 6.07) is 15.4. The summed E-state index contributed by atoms with van der Waals surface area (Å²) in [4.78, 5) is 13.5. The Balaban J connectivity index is 1.50. The van der Waals surface area contributed by atoms with Crippen molar-refractivity contribution in [3.8, 4) is 16.2 Å². The van der Waals surface area contributed by atoms with Crippen LogP contribution in [0.4, 0.5) is 5.69 Å². The number of amides is 1. The molecule has 0 unspecified atom stereocenters. The van der Waals surface area contributed by atoms with Gasteiger partial charge in [0.05, 0.1) is 26.0 Å². The van der Waals surface area contributed by atoms with E-state index in [-0.39, 0.29) is 5.91 Å². The van der Waals surface area contributed by atoms with E-state index in [4.69, 9.17) is 21.1 Å². The Morgan fingerprint density at radius 2 is 1.81 bits per heavy atom. The van der Waals surface area contributed by atoms with Crippen LogP contribution < -0.4 is 10.1 Å². The number of carbonyl (C=O) groups is 1. The van der Waals surface area contributed by atoms with Gasteiger partial charge in [0.15, 0.2) is 0 Å². The first-order chi connectivity index (χ1) is 15.4. The molecule has 2 aromatic carbocycles. The third-order valence-electron chi connectivity index (χ3n) is 4.99. The normalized spacial score (nSPS) is 14.8. The summed E-state index contributed by atoms with van der Waals surface area (Å²) in [5.74, 6) is 0.200. The summed E-state index contributed by atoms with van der Waals surface area (Å²) in [7, 11) is -2.01. The smallest absolute Gasteiger partial charge is 0.255 e. The Morgan fingerprint density at radius 1 is 1.09 bits per heavy atom. The first kappa shape index (κ1) is 22.8. The zero-order valence-corrected chi connectivity index (χ0v) is 19.6. The van der Waals surface area contributed by atoms with Crippen molar-refractivity contribution in [2.24, 2.45) is 0 Å². The van der Waals surface area contributed by atoms with Crippen molar-refractivity contribution in [1.82, 2.24) is 4.31 Å². The molecule has 1 aliphatic rings. The Kier molecular flexibility index (Phi) is 6.82. The monoisotopic (exact) mass is 492 g/mol. The fourth-order valence-electron chi connectivity index (χ4n) is 3.29. The highest BCUT2D eigenvalue weighted by atomic mass is 35.5. The fraction of sp³-hybridized carbons (Fsp3) is 0.227. The Bertz CT molecular complexity index is 1220. The van der Waals surface area contributed by atoms with Gasteiger partial charge in [0.1, 0.15) is 9.96 Å². The summed E-state index contributed by atoms with van der Waals surface area (Å²) < 4.78 is 37.9. The molecule has 168 valence electrons. The van der Waals surface area contributed by atoms with Crippen LogP contribution in [0.5, 0.6) is 5.75 Å². The molecule has 1 saturated heterocycles. The maximum atomic E-state index is 12.8. The number of rotatable bonds is 6. The first-order valence-electron chi connectivity index (χ1n) is 9.81. The summed E-state index contributed by atoms with van der Waals surface area (Å²) in [5, 5.41) is 3.28. The molecule has 3 aromatic rings. The number of nitrogens with zero attached hydrogens (tertiary/aromatic N) is 1. The Labute approximate surface area is 195 Å². The molecule has 0 atom stereocenters. The summed E-state index contributed by atoms with van der Waals surface area (Å²) in [6.07, 6.45) is 0. The highest BCUT2D eigenvalue weighted by Crippen LogP contribution is 2.33. The lowest BCUT2D eigenvalue weighted by Crippen LogP contribution is -2.40. The number of anilines is 1. The zero-order chi connectivity index (χ0) is 22.7. The van der Waals surface area contributed by atoms with Crippen molar-refractivity contribution >= 4 is 44.6 Å². The molecule has 0 aliphatic carbocycles. The lowest BCUT2D eigenvalue weighted by atomic mass is 10.1. The van der Waals surface area contributed by atoms with E-state index in [1.165, 1.54) is 22.8 Å². The van der Waals surface area contributed by atoms with E-state index in [1.807, 2.05) is 0 Å². The topological polar surface area (TPSA) is 84.9 Å². The Hall–Kier alpha value is -2.43. The summed E-state index contributed by atoms with van der Waals surface area (Å²) in [6.45, 7) is 1.53. The van der Waals surface area contributed by atoms with Gasteiger partial charge in [-0.3, -0.25) is 4.79 Å². The number of methoxy groups -OCH3 is 1. The van der Waals surface area contributed by atoms with E-state index in [2.05, 4.69) is 5.32 Å². The molecule has 0 saturated carbocycles. The predicted molar refractivity (Wildman–Crippen MR) is 125 cm³/mol. The average Bonchev–Trinajstić information content (AvgIpc) is 3.31. The highest BCUT2D eigenvalue weighted by Gasteiger charge is 2.27. The van der Waals surface area contributed by atoms with Crippen LogP contribution in [0.25, 0.3) is 10.4 Å². The van der Waals surface area contributed by atoms with Gasteiger partial charge in [0, 0.05) is 28.6 Å². The maximum Gasteiger partial charge on any atom is 0.255 e. The third kappa shape index (κ3) is 4.82. The minimum Gasteiger partial charge on any atom is -0.495 e. The molecule has 0 radical (unpaired) electrons. The number of sulfonamides is 1. The van der Waals surface area contributed by atoms with Crippen molar-refractivity contribution in [3.05, 3.63) is 65.2 Å². The number of morpholine rings is 1. The van der Waals surface area contributed by atoms with Gasteiger partial charge in [-0.05, 0) is 48.0 Å². The Morgan fingerprint density at radius 3 is 2.50 bits per heavy atom. The van der Waals surface area contributed by atoms with E-state index in [0.717, 1.165) is 10.4 Å². The number of benzene rings is 2. The number of thiophene rings is 1. The number of hydrogen-bond acceptors (Lipinski definition) is 6. The SMILES string of the molecule is COc1ccc(Cl)cc1NC(=O)c1ccc(-c2ccc(S(=O)(=O)N3CCOCC3)s2)cc1. The van der Waals surface area contributed by atoms with Gasteiger partial charge in [0.25, 0.3) is 15.9 Å². The van der Waals surface area contributed by atoms with Gasteiger partial charge in [-0.15, -0.1) is 11.3 Å². The van der Waals surface area contributed by atoms with Crippen molar-refractivity contribution in [1.29, 1.82) is 0 Å². The second kappa shape index (κ2) is 9.60. The van der Waals surface area contributed by atoms with Crippen molar-refractivity contribution in [3.63, 3.8) is 0 Å². The lowest BCUT2D eigenvalue weighted by Gasteiger charge is -2.25. The van der Waals surface area contributed by atoms with Gasteiger partial charge < -0.3 is 14.8 Å². The third-order valence-corrected chi connectivity index (χ3v) is 8.72. The van der Waals surface area contributed by atoms with Crippen molar-refractivity contribution in [2.45, 2.75) is 4.21 Å². The quantitative estimate of drug-likeness (QED) is 0.553. The molecule has 1 aliphatic heterocycles. The number of carbonyl (C=O) groups excluding carboxylic acids is 1. The molecular formula is C22H21ClN2O5S2. The summed E-state index contributed by atoms with van der Waals surface area (Å²) >= 11 is 7.23. The molecule has 10 heteroatoms. The molecule has 1 aromatic heterocycles. The molecule has 2 heterocycles. The molecule has 32 heavy (non-hydrogen) atoms. The molecule has 1 amide bonds. The van der Waals surface area contributed by atoms with E-state index in [9.17, 15) is 13.2 Å². The van der Waals surface area contributed by atoms with Crippen molar-refractivity contribution < 1.29 is 22.7 Å². The van der Waals surface area contributed by atoms with Gasteiger partial charge in [-0.1, -0.05) is 23.7 Å². The van der Waals surface area contributed by atoms with Crippen LogP contribution in [0, 0.1) is 0 Å². The molecule has 4 rings (SSSR count). The van der Waals surface area contributed by atoms with Crippen LogP contribution in [-0.2, 0) is 14.8 Å². The van der Waals surface area contributed by atoms with Crippen LogP contribution in [0.1, 0.15) is 10.4 Å². The predicted octanol–water partition coefficient (Wildman–Crippen LogP) is 4.35. The lowest BCUT2D eigenvalue weighted by molar-refractivity contribution is 0.0731. The molecule has 0 spiro atoms. The van der Waals surface area contributed by atoms with Crippen molar-refractivity contribution in [2.75, 3.05) is 38.7 Å². The van der Waals surface area contributed by atoms with Crippen LogP contribution in [0.2, 0.25) is 5.02 Å². The molecule has 1 fully saturated rings. The number of ether oxygens (including phenoxy) is 2. The molecule has 0 bridgehead atoms. The van der Waals surface area contributed by atoms with Crippen LogP contribution in [0.3, 0.4) is 0 Å². The first-order valence-corrected chi connectivity index (χ1v) is 12.4. The van der Waals surface area contributed by atoms with Crippen LogP contribution in [-0.4, -0.2) is 52.0 Å². The minimum absolute atomic E-state index is 0.296. The van der Waals surface area contributed by atoms with Gasteiger partial charge in [-0.25, -0.2) is 8.42 Å². The van der Waals surface area contributed by atoms with Crippen LogP contribution in [0.15, 0.2) is 58.8 Å². The highest BCUT2D eigenvalue weighted by molar-refractivity contribution is 7.91. The summed E-state index contributed by atoms with van der Waals surface area (Å²) in [5.41, 5.74) is 1.76. The van der Waals surface area contributed by atoms with E-state index in [0.29, 0.717) is 52.5 Å².